The number of nitrogens with one attached hydrogen (secondary N) is 1. The van der Waals surface area contributed by atoms with E-state index in [4.69, 9.17) is 4.74 Å². The maximum absolute atomic E-state index is 12.8. The summed E-state index contributed by atoms with van der Waals surface area (Å²) in [6.45, 7) is 0. The summed E-state index contributed by atoms with van der Waals surface area (Å²) in [7, 11) is 0. The zero-order valence-electron chi connectivity index (χ0n) is 14.5. The molecule has 0 unspecified atom stereocenters. The minimum Gasteiger partial charge on any atom is -0.457 e. The predicted octanol–water partition coefficient (Wildman–Crippen LogP) is 5.22. The minimum absolute atomic E-state index is 0.0540. The lowest BCUT2D eigenvalue weighted by Gasteiger charge is -2.07. The number of carbonyl (C=O) groups excluding carboxylic acids is 2. The first kappa shape index (κ1) is 18.3. The van der Waals surface area contributed by atoms with Gasteiger partial charge in [-0.3, -0.25) is 9.59 Å². The van der Waals surface area contributed by atoms with Gasteiger partial charge in [-0.1, -0.05) is 18.2 Å². The molecule has 5 heteroatoms. The van der Waals surface area contributed by atoms with Crippen LogP contribution in [0.25, 0.3) is 0 Å². The van der Waals surface area contributed by atoms with Crippen LogP contribution in [0.3, 0.4) is 0 Å². The van der Waals surface area contributed by atoms with Gasteiger partial charge in [0.15, 0.2) is 5.78 Å². The van der Waals surface area contributed by atoms with Crippen molar-refractivity contribution in [2.45, 2.75) is 12.8 Å². The van der Waals surface area contributed by atoms with Crippen LogP contribution < -0.4 is 10.1 Å². The maximum atomic E-state index is 12.8. The first-order chi connectivity index (χ1) is 13.1. The average Bonchev–Trinajstić information content (AvgIpc) is 2.69. The number of hydrogen-bond donors (Lipinski definition) is 1. The minimum atomic E-state index is -0.372. The first-order valence-corrected chi connectivity index (χ1v) is 8.52. The molecule has 3 rings (SSSR count). The van der Waals surface area contributed by atoms with Crippen molar-refractivity contribution in [2.24, 2.45) is 0 Å². The second kappa shape index (κ2) is 8.76. The Kier molecular flexibility index (Phi) is 5.94. The molecule has 3 aromatic rings. The summed E-state index contributed by atoms with van der Waals surface area (Å²) in [6.07, 6.45) is 0.143. The molecular formula is C22H18FNO3. The number of hydrogen-bond acceptors (Lipinski definition) is 3. The molecule has 0 aliphatic carbocycles. The average molecular weight is 363 g/mol. The summed E-state index contributed by atoms with van der Waals surface area (Å²) >= 11 is 0. The van der Waals surface area contributed by atoms with Crippen LogP contribution in [0, 0.1) is 5.82 Å². The maximum Gasteiger partial charge on any atom is 0.224 e. The molecule has 4 nitrogen and oxygen atoms in total. The third-order valence-electron chi connectivity index (χ3n) is 3.86. The number of anilines is 1. The molecular weight excluding hydrogens is 345 g/mol. The molecule has 0 saturated heterocycles. The number of para-hydroxylation sites is 1. The van der Waals surface area contributed by atoms with E-state index in [0.717, 1.165) is 0 Å². The smallest absolute Gasteiger partial charge is 0.224 e. The second-order valence-corrected chi connectivity index (χ2v) is 5.92. The summed E-state index contributed by atoms with van der Waals surface area (Å²) in [5.41, 5.74) is 1.02. The Balaban J connectivity index is 1.50. The first-order valence-electron chi connectivity index (χ1n) is 8.52. The van der Waals surface area contributed by atoms with Crippen molar-refractivity contribution < 1.29 is 18.7 Å². The van der Waals surface area contributed by atoms with E-state index >= 15 is 0 Å². The van der Waals surface area contributed by atoms with E-state index in [1.54, 1.807) is 24.3 Å². The molecule has 0 aliphatic rings. The van der Waals surface area contributed by atoms with Gasteiger partial charge in [0.1, 0.15) is 17.3 Å². The van der Waals surface area contributed by atoms with Crippen LogP contribution in [-0.2, 0) is 4.79 Å². The van der Waals surface area contributed by atoms with Gasteiger partial charge in [-0.05, 0) is 60.7 Å². The van der Waals surface area contributed by atoms with Gasteiger partial charge in [0.2, 0.25) is 5.91 Å². The van der Waals surface area contributed by atoms with E-state index < -0.39 is 0 Å². The molecule has 0 aromatic heterocycles. The van der Waals surface area contributed by atoms with Gasteiger partial charge in [0, 0.05) is 24.1 Å². The lowest BCUT2D eigenvalue weighted by molar-refractivity contribution is -0.116. The van der Waals surface area contributed by atoms with E-state index in [0.29, 0.717) is 22.7 Å². The molecule has 0 saturated carbocycles. The third kappa shape index (κ3) is 5.51. The van der Waals surface area contributed by atoms with Crippen molar-refractivity contribution in [1.82, 2.24) is 0 Å². The van der Waals surface area contributed by atoms with Crippen molar-refractivity contribution >= 4 is 17.4 Å². The Hall–Kier alpha value is -3.47. The summed E-state index contributed by atoms with van der Waals surface area (Å²) < 4.78 is 18.5. The molecule has 1 N–H and O–H groups in total. The monoisotopic (exact) mass is 363 g/mol. The van der Waals surface area contributed by atoms with Crippen LogP contribution in [0.1, 0.15) is 23.2 Å². The number of benzene rings is 3. The fourth-order valence-electron chi connectivity index (χ4n) is 2.46. The lowest BCUT2D eigenvalue weighted by Crippen LogP contribution is -2.13. The van der Waals surface area contributed by atoms with Crippen LogP contribution >= 0.6 is 0 Å². The molecule has 0 atom stereocenters. The number of rotatable bonds is 7. The fraction of sp³-hybridized carbons (Fsp3) is 0.0909. The van der Waals surface area contributed by atoms with Gasteiger partial charge in [-0.2, -0.15) is 0 Å². The molecule has 27 heavy (non-hydrogen) atoms. The lowest BCUT2D eigenvalue weighted by atomic mass is 10.1. The van der Waals surface area contributed by atoms with Crippen LogP contribution in [0.15, 0.2) is 78.9 Å². The van der Waals surface area contributed by atoms with Gasteiger partial charge in [-0.25, -0.2) is 4.39 Å². The molecule has 1 amide bonds. The quantitative estimate of drug-likeness (QED) is 0.586. The zero-order valence-corrected chi connectivity index (χ0v) is 14.5. The Bertz CT molecular complexity index is 907. The fourth-order valence-corrected chi connectivity index (χ4v) is 2.46. The van der Waals surface area contributed by atoms with Crippen molar-refractivity contribution in [1.29, 1.82) is 0 Å². The van der Waals surface area contributed by atoms with Crippen molar-refractivity contribution in [3.63, 3.8) is 0 Å². The summed E-state index contributed by atoms with van der Waals surface area (Å²) in [4.78, 5) is 24.2. The zero-order chi connectivity index (χ0) is 19.1. The molecule has 0 radical (unpaired) electrons. The Morgan fingerprint density at radius 3 is 2.07 bits per heavy atom. The molecule has 3 aromatic carbocycles. The van der Waals surface area contributed by atoms with E-state index in [1.165, 1.54) is 24.3 Å². The SMILES string of the molecule is O=C(CCC(=O)c1ccc(Oc2ccccc2)cc1)Nc1ccc(F)cc1. The molecule has 0 heterocycles. The van der Waals surface area contributed by atoms with Crippen LogP contribution in [0.2, 0.25) is 0 Å². The molecule has 0 aliphatic heterocycles. The Morgan fingerprint density at radius 1 is 0.778 bits per heavy atom. The van der Waals surface area contributed by atoms with Gasteiger partial charge in [0.25, 0.3) is 0 Å². The van der Waals surface area contributed by atoms with Crippen LogP contribution in [0.4, 0.5) is 10.1 Å². The van der Waals surface area contributed by atoms with Crippen molar-refractivity contribution in [3.8, 4) is 11.5 Å². The van der Waals surface area contributed by atoms with E-state index in [2.05, 4.69) is 5.32 Å². The van der Waals surface area contributed by atoms with E-state index in [9.17, 15) is 14.0 Å². The predicted molar refractivity (Wildman–Crippen MR) is 102 cm³/mol. The molecule has 0 fully saturated rings. The highest BCUT2D eigenvalue weighted by Crippen LogP contribution is 2.21. The Morgan fingerprint density at radius 2 is 1.41 bits per heavy atom. The van der Waals surface area contributed by atoms with Gasteiger partial charge in [0.05, 0.1) is 0 Å². The second-order valence-electron chi connectivity index (χ2n) is 5.92. The normalized spacial score (nSPS) is 10.3. The number of halogens is 1. The van der Waals surface area contributed by atoms with Gasteiger partial charge < -0.3 is 10.1 Å². The third-order valence-corrected chi connectivity index (χ3v) is 3.86. The van der Waals surface area contributed by atoms with E-state index in [-0.39, 0.29) is 30.3 Å². The molecule has 136 valence electrons. The standard InChI is InChI=1S/C22H18FNO3/c23-17-8-10-18(11-9-17)24-22(26)15-14-21(25)16-6-12-20(13-7-16)27-19-4-2-1-3-5-19/h1-13H,14-15H2,(H,24,26). The highest BCUT2D eigenvalue weighted by molar-refractivity contribution is 6.00. The summed E-state index contributed by atoms with van der Waals surface area (Å²) in [6, 6.07) is 21.6. The molecule has 0 spiro atoms. The summed E-state index contributed by atoms with van der Waals surface area (Å²) in [5, 5.41) is 2.63. The Labute approximate surface area is 156 Å². The number of carbonyl (C=O) groups is 2. The van der Waals surface area contributed by atoms with Crippen molar-refractivity contribution in [2.75, 3.05) is 5.32 Å². The van der Waals surface area contributed by atoms with Crippen molar-refractivity contribution in [3.05, 3.63) is 90.2 Å². The number of ether oxygens (including phenoxy) is 1. The highest BCUT2D eigenvalue weighted by Gasteiger charge is 2.10. The topological polar surface area (TPSA) is 55.4 Å². The largest absolute Gasteiger partial charge is 0.457 e. The van der Waals surface area contributed by atoms with Crippen LogP contribution in [0.5, 0.6) is 11.5 Å². The van der Waals surface area contributed by atoms with E-state index in [1.807, 2.05) is 30.3 Å². The number of Topliss-reactive ketones (excluding diaryl/α,β-unsaturated/α-hetero) is 1. The van der Waals surface area contributed by atoms with Gasteiger partial charge >= 0.3 is 0 Å². The number of ketones is 1. The molecule has 0 bridgehead atoms. The summed E-state index contributed by atoms with van der Waals surface area (Å²) in [5.74, 6) is 0.554. The highest BCUT2D eigenvalue weighted by atomic mass is 19.1. The van der Waals surface area contributed by atoms with Crippen LogP contribution in [-0.4, -0.2) is 11.7 Å². The number of amides is 1. The van der Waals surface area contributed by atoms with Gasteiger partial charge in [-0.15, -0.1) is 0 Å².